The van der Waals surface area contributed by atoms with E-state index < -0.39 is 0 Å². The summed E-state index contributed by atoms with van der Waals surface area (Å²) in [5.41, 5.74) is 3.08. The molecule has 0 aliphatic carbocycles. The van der Waals surface area contributed by atoms with Crippen LogP contribution in [0.2, 0.25) is 0 Å². The second-order valence-electron chi connectivity index (χ2n) is 6.25. The summed E-state index contributed by atoms with van der Waals surface area (Å²) in [5.74, 6) is 2.46. The van der Waals surface area contributed by atoms with Crippen molar-refractivity contribution in [3.05, 3.63) is 41.7 Å². The van der Waals surface area contributed by atoms with Gasteiger partial charge in [0.1, 0.15) is 12.1 Å². The van der Waals surface area contributed by atoms with Gasteiger partial charge >= 0.3 is 0 Å². The molecule has 9 nitrogen and oxygen atoms in total. The van der Waals surface area contributed by atoms with Crippen LogP contribution in [-0.2, 0) is 0 Å². The first kappa shape index (κ1) is 20.0. The lowest BCUT2D eigenvalue weighted by atomic mass is 10.1. The molecule has 0 spiro atoms. The lowest BCUT2D eigenvalue weighted by molar-refractivity contribution is 0.324. The van der Waals surface area contributed by atoms with Crippen LogP contribution < -0.4 is 24.8 Å². The van der Waals surface area contributed by atoms with Crippen LogP contribution in [0.25, 0.3) is 0 Å². The number of benzene rings is 2. The minimum absolute atomic E-state index is 0.244. The van der Waals surface area contributed by atoms with Gasteiger partial charge in [-0.15, -0.1) is 0 Å². The molecule has 0 saturated carbocycles. The van der Waals surface area contributed by atoms with Gasteiger partial charge in [-0.25, -0.2) is 9.97 Å². The number of methoxy groups -OCH3 is 3. The molecule has 9 heteroatoms. The van der Waals surface area contributed by atoms with E-state index in [0.29, 0.717) is 34.8 Å². The molecule has 0 aliphatic heterocycles. The van der Waals surface area contributed by atoms with Gasteiger partial charge in [0.2, 0.25) is 17.6 Å². The summed E-state index contributed by atoms with van der Waals surface area (Å²) < 4.78 is 16.1. The van der Waals surface area contributed by atoms with Crippen LogP contribution in [0.15, 0.2) is 30.6 Å². The van der Waals surface area contributed by atoms with Crippen molar-refractivity contribution in [3.63, 3.8) is 0 Å². The van der Waals surface area contributed by atoms with Crippen LogP contribution in [-0.4, -0.2) is 41.4 Å². The lowest BCUT2D eigenvalue weighted by Gasteiger charge is -2.15. The molecule has 1 aromatic heterocycles. The normalized spacial score (nSPS) is 10.4. The van der Waals surface area contributed by atoms with E-state index in [1.54, 1.807) is 39.5 Å². The molecule has 3 N–H and O–H groups in total. The second kappa shape index (κ2) is 8.51. The Bertz CT molecular complexity index is 1000. The zero-order valence-corrected chi connectivity index (χ0v) is 16.9. The minimum atomic E-state index is 0.244. The average molecular weight is 397 g/mol. The van der Waals surface area contributed by atoms with Crippen molar-refractivity contribution in [3.8, 4) is 23.0 Å². The Hall–Kier alpha value is -3.75. The number of aromatic nitrogens is 3. The van der Waals surface area contributed by atoms with E-state index in [-0.39, 0.29) is 5.75 Å². The monoisotopic (exact) mass is 397 g/mol. The van der Waals surface area contributed by atoms with Crippen molar-refractivity contribution in [2.75, 3.05) is 32.0 Å². The molecule has 0 amide bonds. The van der Waals surface area contributed by atoms with Crippen LogP contribution in [0.4, 0.5) is 23.3 Å². The van der Waals surface area contributed by atoms with Gasteiger partial charge in [0.25, 0.3) is 0 Å². The van der Waals surface area contributed by atoms with E-state index in [4.69, 9.17) is 14.2 Å². The largest absolute Gasteiger partial charge is 0.508 e. The van der Waals surface area contributed by atoms with Gasteiger partial charge in [0, 0.05) is 23.5 Å². The van der Waals surface area contributed by atoms with Crippen LogP contribution in [0.5, 0.6) is 23.0 Å². The van der Waals surface area contributed by atoms with Crippen molar-refractivity contribution in [2.45, 2.75) is 13.8 Å². The highest BCUT2D eigenvalue weighted by molar-refractivity contribution is 5.66. The molecule has 0 unspecified atom stereocenters. The van der Waals surface area contributed by atoms with Crippen LogP contribution in [0.1, 0.15) is 11.1 Å². The van der Waals surface area contributed by atoms with Crippen molar-refractivity contribution in [2.24, 2.45) is 0 Å². The standard InChI is InChI=1S/C20H23N5O4/c1-11-7-15(26)12(2)6-14(11)24-20-22-10-21-19(25-20)23-13-8-16(27-3)18(29-5)17(9-13)28-4/h6-10,26H,1-5H3,(H2,21,22,23,24,25). The molecular formula is C20H23N5O4. The number of ether oxygens (including phenoxy) is 3. The SMILES string of the molecule is COc1cc(Nc2ncnc(Nc3cc(C)c(O)cc3C)n2)cc(OC)c1OC. The number of anilines is 4. The Morgan fingerprint density at radius 2 is 1.41 bits per heavy atom. The molecule has 0 aliphatic rings. The zero-order chi connectivity index (χ0) is 21.0. The highest BCUT2D eigenvalue weighted by Crippen LogP contribution is 2.40. The predicted octanol–water partition coefficient (Wildman–Crippen LogP) is 3.71. The summed E-state index contributed by atoms with van der Waals surface area (Å²) >= 11 is 0. The molecule has 2 aromatic carbocycles. The number of aryl methyl sites for hydroxylation is 2. The second-order valence-corrected chi connectivity index (χ2v) is 6.25. The molecule has 3 rings (SSSR count). The quantitative estimate of drug-likeness (QED) is 0.514. The number of rotatable bonds is 7. The fourth-order valence-electron chi connectivity index (χ4n) is 2.76. The van der Waals surface area contributed by atoms with Crippen LogP contribution in [0, 0.1) is 13.8 Å². The Balaban J connectivity index is 1.86. The molecular weight excluding hydrogens is 374 g/mol. The molecule has 0 bridgehead atoms. The third-order valence-electron chi connectivity index (χ3n) is 4.28. The average Bonchev–Trinajstić information content (AvgIpc) is 2.71. The van der Waals surface area contributed by atoms with Gasteiger partial charge in [-0.3, -0.25) is 0 Å². The summed E-state index contributed by atoms with van der Waals surface area (Å²) in [6, 6.07) is 7.03. The van der Waals surface area contributed by atoms with Gasteiger partial charge in [-0.05, 0) is 37.1 Å². The Kier molecular flexibility index (Phi) is 5.87. The van der Waals surface area contributed by atoms with E-state index in [2.05, 4.69) is 25.6 Å². The Morgan fingerprint density at radius 3 is 2.00 bits per heavy atom. The topological polar surface area (TPSA) is 111 Å². The fourth-order valence-corrected chi connectivity index (χ4v) is 2.76. The molecule has 0 saturated heterocycles. The molecule has 152 valence electrons. The van der Waals surface area contributed by atoms with Gasteiger partial charge in [0.15, 0.2) is 11.5 Å². The molecule has 0 fully saturated rings. The fraction of sp³-hybridized carbons (Fsp3) is 0.250. The summed E-state index contributed by atoms with van der Waals surface area (Å²) in [4.78, 5) is 12.7. The number of aromatic hydroxyl groups is 1. The number of nitrogens with zero attached hydrogens (tertiary/aromatic N) is 3. The van der Waals surface area contributed by atoms with Crippen molar-refractivity contribution in [1.29, 1.82) is 0 Å². The third-order valence-corrected chi connectivity index (χ3v) is 4.28. The van der Waals surface area contributed by atoms with E-state index in [0.717, 1.165) is 16.8 Å². The minimum Gasteiger partial charge on any atom is -0.508 e. The number of hydrogen-bond acceptors (Lipinski definition) is 9. The predicted molar refractivity (Wildman–Crippen MR) is 110 cm³/mol. The van der Waals surface area contributed by atoms with E-state index >= 15 is 0 Å². The Labute approximate surface area is 168 Å². The highest BCUT2D eigenvalue weighted by Gasteiger charge is 2.14. The lowest BCUT2D eigenvalue weighted by Crippen LogP contribution is -2.04. The summed E-state index contributed by atoms with van der Waals surface area (Å²) in [6.45, 7) is 3.71. The molecule has 3 aromatic rings. The smallest absolute Gasteiger partial charge is 0.232 e. The van der Waals surface area contributed by atoms with Gasteiger partial charge < -0.3 is 30.0 Å². The van der Waals surface area contributed by atoms with Crippen molar-refractivity contribution >= 4 is 23.3 Å². The van der Waals surface area contributed by atoms with E-state index in [9.17, 15) is 5.11 Å². The van der Waals surface area contributed by atoms with Crippen molar-refractivity contribution < 1.29 is 19.3 Å². The van der Waals surface area contributed by atoms with Crippen LogP contribution in [0.3, 0.4) is 0 Å². The summed E-state index contributed by atoms with van der Waals surface area (Å²) in [5, 5.41) is 16.1. The molecule has 1 heterocycles. The summed E-state index contributed by atoms with van der Waals surface area (Å²) in [7, 11) is 4.65. The number of phenolic OH excluding ortho intramolecular Hbond substituents is 1. The van der Waals surface area contributed by atoms with Gasteiger partial charge in [-0.1, -0.05) is 0 Å². The first-order valence-corrected chi connectivity index (χ1v) is 8.78. The highest BCUT2D eigenvalue weighted by atomic mass is 16.5. The molecule has 0 atom stereocenters. The third kappa shape index (κ3) is 4.40. The molecule has 0 radical (unpaired) electrons. The first-order chi connectivity index (χ1) is 13.9. The maximum atomic E-state index is 9.81. The van der Waals surface area contributed by atoms with E-state index in [1.165, 1.54) is 6.33 Å². The van der Waals surface area contributed by atoms with Crippen molar-refractivity contribution in [1.82, 2.24) is 15.0 Å². The summed E-state index contributed by atoms with van der Waals surface area (Å²) in [6.07, 6.45) is 1.40. The maximum absolute atomic E-state index is 9.81. The van der Waals surface area contributed by atoms with Gasteiger partial charge in [-0.2, -0.15) is 4.98 Å². The first-order valence-electron chi connectivity index (χ1n) is 8.78. The number of nitrogens with one attached hydrogen (secondary N) is 2. The maximum Gasteiger partial charge on any atom is 0.232 e. The zero-order valence-electron chi connectivity index (χ0n) is 16.9. The number of phenols is 1. The molecule has 29 heavy (non-hydrogen) atoms. The van der Waals surface area contributed by atoms with Gasteiger partial charge in [0.05, 0.1) is 21.3 Å². The van der Waals surface area contributed by atoms with Crippen LogP contribution >= 0.6 is 0 Å². The van der Waals surface area contributed by atoms with E-state index in [1.807, 2.05) is 19.9 Å². The Morgan fingerprint density at radius 1 is 0.793 bits per heavy atom. The number of hydrogen-bond donors (Lipinski definition) is 3.